The number of fused-ring (bicyclic) bond motifs is 1. The average molecular weight is 233 g/mol. The summed E-state index contributed by atoms with van der Waals surface area (Å²) in [4.78, 5) is 2.51. The maximum Gasteiger partial charge on any atom is 0.0725 e. The Morgan fingerprint density at radius 1 is 1.18 bits per heavy atom. The monoisotopic (exact) mass is 233 g/mol. The Morgan fingerprint density at radius 2 is 2.00 bits per heavy atom. The summed E-state index contributed by atoms with van der Waals surface area (Å²) in [6, 6.07) is 6.80. The predicted molar refractivity (Wildman–Crippen MR) is 70.8 cm³/mol. The Hall–Kier alpha value is -0.860. The number of rotatable bonds is 6. The highest BCUT2D eigenvalue weighted by Crippen LogP contribution is 2.21. The lowest BCUT2D eigenvalue weighted by Gasteiger charge is -2.20. The SMILES string of the molecule is CCCCN(CC)Cc1ccc2c(c1)COC2. The van der Waals surface area contributed by atoms with Crippen LogP contribution < -0.4 is 0 Å². The fourth-order valence-electron chi connectivity index (χ4n) is 2.31. The van der Waals surface area contributed by atoms with Crippen LogP contribution in [0.1, 0.15) is 43.4 Å². The van der Waals surface area contributed by atoms with Crippen molar-refractivity contribution in [3.63, 3.8) is 0 Å². The molecule has 1 aromatic carbocycles. The molecule has 1 aliphatic rings. The van der Waals surface area contributed by atoms with Gasteiger partial charge in [0, 0.05) is 6.54 Å². The van der Waals surface area contributed by atoms with E-state index in [-0.39, 0.29) is 0 Å². The number of hydrogen-bond donors (Lipinski definition) is 0. The molecule has 0 N–H and O–H groups in total. The second-order valence-corrected chi connectivity index (χ2v) is 4.82. The molecule has 1 aliphatic heterocycles. The van der Waals surface area contributed by atoms with E-state index in [2.05, 4.69) is 36.9 Å². The predicted octanol–water partition coefficient (Wildman–Crippen LogP) is 3.34. The first-order valence-electron chi connectivity index (χ1n) is 6.74. The quantitative estimate of drug-likeness (QED) is 0.747. The van der Waals surface area contributed by atoms with Crippen LogP contribution in [0.3, 0.4) is 0 Å². The van der Waals surface area contributed by atoms with Crippen LogP contribution in [0.5, 0.6) is 0 Å². The lowest BCUT2D eigenvalue weighted by atomic mass is 10.1. The Balaban J connectivity index is 1.97. The smallest absolute Gasteiger partial charge is 0.0725 e. The molecule has 0 fully saturated rings. The summed E-state index contributed by atoms with van der Waals surface area (Å²) in [6.07, 6.45) is 2.57. The van der Waals surface area contributed by atoms with Gasteiger partial charge in [-0.05, 0) is 36.2 Å². The molecule has 0 radical (unpaired) electrons. The van der Waals surface area contributed by atoms with E-state index in [0.717, 1.165) is 26.3 Å². The van der Waals surface area contributed by atoms with Crippen LogP contribution in [-0.2, 0) is 24.5 Å². The molecule has 0 spiro atoms. The molecular formula is C15H23NO. The standard InChI is InChI=1S/C15H23NO/c1-3-5-8-16(4-2)10-13-6-7-14-11-17-12-15(14)9-13/h6-7,9H,3-5,8,10-12H2,1-2H3. The summed E-state index contributed by atoms with van der Waals surface area (Å²) in [6.45, 7) is 9.50. The van der Waals surface area contributed by atoms with Gasteiger partial charge in [0.05, 0.1) is 13.2 Å². The van der Waals surface area contributed by atoms with Crippen LogP contribution in [0, 0.1) is 0 Å². The van der Waals surface area contributed by atoms with Crippen molar-refractivity contribution in [2.45, 2.75) is 46.4 Å². The maximum absolute atomic E-state index is 5.45. The van der Waals surface area contributed by atoms with Crippen molar-refractivity contribution in [3.05, 3.63) is 34.9 Å². The Kier molecular flexibility index (Phi) is 4.57. The van der Waals surface area contributed by atoms with E-state index in [0.29, 0.717) is 0 Å². The highest BCUT2D eigenvalue weighted by atomic mass is 16.5. The molecule has 0 saturated carbocycles. The fourth-order valence-corrected chi connectivity index (χ4v) is 2.31. The number of benzene rings is 1. The molecule has 2 heteroatoms. The van der Waals surface area contributed by atoms with Gasteiger partial charge >= 0.3 is 0 Å². The second-order valence-electron chi connectivity index (χ2n) is 4.82. The van der Waals surface area contributed by atoms with Crippen molar-refractivity contribution in [1.29, 1.82) is 0 Å². The van der Waals surface area contributed by atoms with Crippen LogP contribution in [0.4, 0.5) is 0 Å². The topological polar surface area (TPSA) is 12.5 Å². The van der Waals surface area contributed by atoms with Gasteiger partial charge in [-0.2, -0.15) is 0 Å². The molecule has 1 aromatic rings. The number of nitrogens with zero attached hydrogens (tertiary/aromatic N) is 1. The van der Waals surface area contributed by atoms with Gasteiger partial charge in [-0.3, -0.25) is 4.90 Å². The Morgan fingerprint density at radius 3 is 2.76 bits per heavy atom. The molecule has 0 atom stereocenters. The minimum atomic E-state index is 0.795. The molecule has 94 valence electrons. The maximum atomic E-state index is 5.45. The van der Waals surface area contributed by atoms with Crippen LogP contribution in [0.2, 0.25) is 0 Å². The van der Waals surface area contributed by atoms with E-state index >= 15 is 0 Å². The summed E-state index contributed by atoms with van der Waals surface area (Å²) in [5.41, 5.74) is 4.17. The second kappa shape index (κ2) is 6.18. The third kappa shape index (κ3) is 3.30. The van der Waals surface area contributed by atoms with Crippen molar-refractivity contribution in [2.75, 3.05) is 13.1 Å². The highest BCUT2D eigenvalue weighted by Gasteiger charge is 2.12. The fraction of sp³-hybridized carbons (Fsp3) is 0.600. The van der Waals surface area contributed by atoms with Crippen molar-refractivity contribution in [1.82, 2.24) is 4.90 Å². The molecule has 0 bridgehead atoms. The minimum Gasteiger partial charge on any atom is -0.372 e. The van der Waals surface area contributed by atoms with Gasteiger partial charge in [0.2, 0.25) is 0 Å². The van der Waals surface area contributed by atoms with Crippen LogP contribution in [0.15, 0.2) is 18.2 Å². The van der Waals surface area contributed by atoms with Gasteiger partial charge in [0.25, 0.3) is 0 Å². The van der Waals surface area contributed by atoms with E-state index in [1.165, 1.54) is 36.1 Å². The number of unbranched alkanes of at least 4 members (excludes halogenated alkanes) is 1. The van der Waals surface area contributed by atoms with Gasteiger partial charge in [-0.1, -0.05) is 38.5 Å². The summed E-state index contributed by atoms with van der Waals surface area (Å²) >= 11 is 0. The zero-order valence-electron chi connectivity index (χ0n) is 11.0. The molecule has 0 saturated heterocycles. The zero-order valence-corrected chi connectivity index (χ0v) is 11.0. The summed E-state index contributed by atoms with van der Waals surface area (Å²) in [5, 5.41) is 0. The molecular weight excluding hydrogens is 210 g/mol. The van der Waals surface area contributed by atoms with Gasteiger partial charge in [-0.25, -0.2) is 0 Å². The van der Waals surface area contributed by atoms with E-state index in [4.69, 9.17) is 4.74 Å². The van der Waals surface area contributed by atoms with Crippen molar-refractivity contribution in [3.8, 4) is 0 Å². The molecule has 0 aromatic heterocycles. The highest BCUT2D eigenvalue weighted by molar-refractivity contribution is 5.33. The summed E-state index contributed by atoms with van der Waals surface area (Å²) in [7, 11) is 0. The van der Waals surface area contributed by atoms with E-state index < -0.39 is 0 Å². The first-order valence-corrected chi connectivity index (χ1v) is 6.74. The van der Waals surface area contributed by atoms with Gasteiger partial charge < -0.3 is 4.74 Å². The van der Waals surface area contributed by atoms with Crippen molar-refractivity contribution >= 4 is 0 Å². The van der Waals surface area contributed by atoms with Crippen molar-refractivity contribution in [2.24, 2.45) is 0 Å². The summed E-state index contributed by atoms with van der Waals surface area (Å²) in [5.74, 6) is 0. The Labute approximate surface area is 105 Å². The van der Waals surface area contributed by atoms with E-state index in [1.54, 1.807) is 0 Å². The molecule has 2 nitrogen and oxygen atoms in total. The third-order valence-corrected chi connectivity index (χ3v) is 3.47. The third-order valence-electron chi connectivity index (χ3n) is 3.47. The molecule has 0 amide bonds. The molecule has 0 unspecified atom stereocenters. The van der Waals surface area contributed by atoms with E-state index in [1.807, 2.05) is 0 Å². The Bertz CT molecular complexity index is 362. The van der Waals surface area contributed by atoms with Crippen LogP contribution in [0.25, 0.3) is 0 Å². The molecule has 2 rings (SSSR count). The zero-order chi connectivity index (χ0) is 12.1. The summed E-state index contributed by atoms with van der Waals surface area (Å²) < 4.78 is 5.45. The number of ether oxygens (including phenoxy) is 1. The van der Waals surface area contributed by atoms with Gasteiger partial charge in [-0.15, -0.1) is 0 Å². The lowest BCUT2D eigenvalue weighted by Crippen LogP contribution is -2.23. The molecule has 0 aliphatic carbocycles. The van der Waals surface area contributed by atoms with Crippen molar-refractivity contribution < 1.29 is 4.74 Å². The van der Waals surface area contributed by atoms with Crippen LogP contribution in [-0.4, -0.2) is 18.0 Å². The van der Waals surface area contributed by atoms with E-state index in [9.17, 15) is 0 Å². The average Bonchev–Trinajstić information content (AvgIpc) is 2.81. The largest absolute Gasteiger partial charge is 0.372 e. The first kappa shape index (κ1) is 12.6. The molecule has 1 heterocycles. The minimum absolute atomic E-state index is 0.795. The number of hydrogen-bond acceptors (Lipinski definition) is 2. The first-order chi connectivity index (χ1) is 8.33. The van der Waals surface area contributed by atoms with Gasteiger partial charge in [0.1, 0.15) is 0 Å². The van der Waals surface area contributed by atoms with Crippen LogP contribution >= 0.6 is 0 Å². The molecule has 17 heavy (non-hydrogen) atoms. The normalized spacial score (nSPS) is 14.3. The lowest BCUT2D eigenvalue weighted by molar-refractivity contribution is 0.134. The van der Waals surface area contributed by atoms with Gasteiger partial charge in [0.15, 0.2) is 0 Å².